The summed E-state index contributed by atoms with van der Waals surface area (Å²) in [6.07, 6.45) is 8.14. The highest BCUT2D eigenvalue weighted by Crippen LogP contribution is 2.35. The van der Waals surface area contributed by atoms with Crippen molar-refractivity contribution in [2.24, 2.45) is 5.41 Å². The molecule has 162 valence electrons. The second-order valence-electron chi connectivity index (χ2n) is 8.59. The first-order chi connectivity index (χ1) is 14.8. The van der Waals surface area contributed by atoms with E-state index >= 15 is 0 Å². The number of hydrogen-bond donors (Lipinski definition) is 3. The Balaban J connectivity index is 1.51. The van der Waals surface area contributed by atoms with Crippen LogP contribution in [0, 0.1) is 10.8 Å². The lowest BCUT2D eigenvalue weighted by atomic mass is 9.92. The molecule has 2 amide bonds. The van der Waals surface area contributed by atoms with Gasteiger partial charge in [-0.3, -0.25) is 24.6 Å². The van der Waals surface area contributed by atoms with E-state index in [1.54, 1.807) is 25.4 Å². The van der Waals surface area contributed by atoms with Gasteiger partial charge in [0.25, 0.3) is 5.91 Å². The molecule has 4 rings (SSSR count). The van der Waals surface area contributed by atoms with Crippen molar-refractivity contribution in [3.63, 3.8) is 0 Å². The predicted molar refractivity (Wildman–Crippen MR) is 116 cm³/mol. The third-order valence-electron chi connectivity index (χ3n) is 5.65. The van der Waals surface area contributed by atoms with Gasteiger partial charge in [-0.25, -0.2) is 4.98 Å². The second-order valence-corrected chi connectivity index (χ2v) is 8.59. The van der Waals surface area contributed by atoms with Gasteiger partial charge >= 0.3 is 0 Å². The van der Waals surface area contributed by atoms with Crippen LogP contribution in [-0.4, -0.2) is 50.9 Å². The minimum Gasteiger partial charge on any atom is -0.392 e. The highest BCUT2D eigenvalue weighted by molar-refractivity contribution is 6.10. The summed E-state index contributed by atoms with van der Waals surface area (Å²) >= 11 is 0. The highest BCUT2D eigenvalue weighted by atomic mass is 16.2. The predicted octanol–water partition coefficient (Wildman–Crippen LogP) is 2.31. The van der Waals surface area contributed by atoms with Crippen LogP contribution < -0.4 is 10.6 Å². The number of likely N-dealkylation sites (tertiary alicyclic amines) is 1. The molecule has 9 heteroatoms. The maximum atomic E-state index is 12.9. The Morgan fingerprint density at radius 1 is 1.32 bits per heavy atom. The maximum absolute atomic E-state index is 12.9. The summed E-state index contributed by atoms with van der Waals surface area (Å²) < 4.78 is 1.94. The minimum absolute atomic E-state index is 0.0415. The van der Waals surface area contributed by atoms with Crippen LogP contribution in [0.1, 0.15) is 49.6 Å². The van der Waals surface area contributed by atoms with Gasteiger partial charge in [-0.2, -0.15) is 5.10 Å². The number of carbonyl (C=O) groups is 2. The summed E-state index contributed by atoms with van der Waals surface area (Å²) in [7, 11) is 1.67. The topological polar surface area (TPSA) is 116 Å². The molecule has 2 aromatic rings. The molecular formula is C22H27N7O2. The summed E-state index contributed by atoms with van der Waals surface area (Å²) in [5.41, 5.74) is 1.43. The molecule has 3 N–H and O–H groups in total. The van der Waals surface area contributed by atoms with E-state index in [1.807, 2.05) is 30.8 Å². The van der Waals surface area contributed by atoms with Crippen LogP contribution in [0.3, 0.4) is 0 Å². The molecule has 0 bridgehead atoms. The fraction of sp³-hybridized carbons (Fsp3) is 0.409. The van der Waals surface area contributed by atoms with Crippen molar-refractivity contribution in [2.45, 2.75) is 39.2 Å². The Bertz CT molecular complexity index is 1070. The van der Waals surface area contributed by atoms with Crippen LogP contribution in [0.5, 0.6) is 0 Å². The summed E-state index contributed by atoms with van der Waals surface area (Å²) in [4.78, 5) is 31.4. The Morgan fingerprint density at radius 2 is 2.10 bits per heavy atom. The van der Waals surface area contributed by atoms with Crippen molar-refractivity contribution in [1.29, 1.82) is 5.41 Å². The normalized spacial score (nSPS) is 18.2. The van der Waals surface area contributed by atoms with Crippen LogP contribution in [0.25, 0.3) is 11.3 Å². The molecule has 0 radical (unpaired) electrons. The zero-order valence-corrected chi connectivity index (χ0v) is 18.0. The number of carbonyl (C=O) groups excluding carboxylic acids is 2. The van der Waals surface area contributed by atoms with Gasteiger partial charge in [-0.1, -0.05) is 19.9 Å². The number of aromatic nitrogens is 3. The molecule has 2 fully saturated rings. The van der Waals surface area contributed by atoms with E-state index in [9.17, 15) is 9.59 Å². The summed E-state index contributed by atoms with van der Waals surface area (Å²) in [5.74, 6) is -0.615. The van der Waals surface area contributed by atoms with E-state index in [0.717, 1.165) is 18.4 Å². The van der Waals surface area contributed by atoms with Gasteiger partial charge in [-0.15, -0.1) is 0 Å². The molecule has 0 unspecified atom stereocenters. The standard InChI is InChI=1S/C22H27N7O2/c1-22(2)9-10-28(21(22)31)19(23)18(12-24-3)27-20(30)17-6-4-5-16(26-17)14-11-25-29(13-14)15-7-8-15/h4-6,11-13,15,23-24H,7-10H2,1-3H3,(H,27,30)/b18-12+,23-19?. The van der Waals surface area contributed by atoms with E-state index in [0.29, 0.717) is 24.7 Å². The number of hydrogen-bond acceptors (Lipinski definition) is 6. The molecule has 1 saturated carbocycles. The number of rotatable bonds is 6. The minimum atomic E-state index is -0.512. The fourth-order valence-electron chi connectivity index (χ4n) is 3.55. The number of amidine groups is 1. The van der Waals surface area contributed by atoms with Crippen LogP contribution in [-0.2, 0) is 4.79 Å². The van der Waals surface area contributed by atoms with E-state index in [1.165, 1.54) is 11.1 Å². The smallest absolute Gasteiger partial charge is 0.274 e. The monoisotopic (exact) mass is 421 g/mol. The molecular weight excluding hydrogens is 394 g/mol. The van der Waals surface area contributed by atoms with Crippen LogP contribution in [0.2, 0.25) is 0 Å². The SMILES string of the molecule is CN/C=C(/NC(=O)c1cccc(-c2cnn(C3CC3)c2)n1)C(=N)N1CCC(C)(C)C1=O. The number of amides is 2. The van der Waals surface area contributed by atoms with Crippen LogP contribution >= 0.6 is 0 Å². The third-order valence-corrected chi connectivity index (χ3v) is 5.65. The Kier molecular flexibility index (Phi) is 5.34. The first-order valence-electron chi connectivity index (χ1n) is 10.4. The van der Waals surface area contributed by atoms with Crippen LogP contribution in [0.4, 0.5) is 0 Å². The molecule has 3 heterocycles. The first kappa shape index (κ1) is 20.8. The summed E-state index contributed by atoms with van der Waals surface area (Å²) in [5, 5.41) is 18.4. The van der Waals surface area contributed by atoms with Gasteiger partial charge in [-0.05, 0) is 31.4 Å². The summed E-state index contributed by atoms with van der Waals surface area (Å²) in [6, 6.07) is 5.70. The van der Waals surface area contributed by atoms with Crippen molar-refractivity contribution < 1.29 is 9.59 Å². The average Bonchev–Trinajstić information content (AvgIpc) is 3.42. The highest BCUT2D eigenvalue weighted by Gasteiger charge is 2.41. The van der Waals surface area contributed by atoms with Gasteiger partial charge in [0.2, 0.25) is 5.91 Å². The van der Waals surface area contributed by atoms with Crippen molar-refractivity contribution in [3.8, 4) is 11.3 Å². The summed E-state index contributed by atoms with van der Waals surface area (Å²) in [6.45, 7) is 4.17. The lowest BCUT2D eigenvalue weighted by molar-refractivity contribution is -0.131. The molecule has 9 nitrogen and oxygen atoms in total. The fourth-order valence-corrected chi connectivity index (χ4v) is 3.55. The Hall–Kier alpha value is -3.49. The lowest BCUT2D eigenvalue weighted by Gasteiger charge is -2.22. The number of nitrogens with one attached hydrogen (secondary N) is 3. The molecule has 2 aromatic heterocycles. The maximum Gasteiger partial charge on any atom is 0.274 e. The van der Waals surface area contributed by atoms with E-state index in [-0.39, 0.29) is 23.1 Å². The van der Waals surface area contributed by atoms with Gasteiger partial charge in [0.15, 0.2) is 5.84 Å². The molecule has 0 spiro atoms. The molecule has 1 aliphatic carbocycles. The number of pyridine rings is 1. The zero-order valence-electron chi connectivity index (χ0n) is 18.0. The molecule has 31 heavy (non-hydrogen) atoms. The molecule has 1 aliphatic heterocycles. The van der Waals surface area contributed by atoms with E-state index < -0.39 is 11.3 Å². The first-order valence-corrected chi connectivity index (χ1v) is 10.4. The average molecular weight is 422 g/mol. The Morgan fingerprint density at radius 3 is 2.74 bits per heavy atom. The van der Waals surface area contributed by atoms with Gasteiger partial charge in [0, 0.05) is 37.0 Å². The van der Waals surface area contributed by atoms with Crippen molar-refractivity contribution in [3.05, 3.63) is 48.2 Å². The second kappa shape index (κ2) is 7.98. The number of nitrogens with zero attached hydrogens (tertiary/aromatic N) is 4. The van der Waals surface area contributed by atoms with E-state index in [2.05, 4.69) is 20.7 Å². The molecule has 1 saturated heterocycles. The molecule has 0 aromatic carbocycles. The van der Waals surface area contributed by atoms with Gasteiger partial charge < -0.3 is 10.6 Å². The van der Waals surface area contributed by atoms with Gasteiger partial charge in [0.05, 0.1) is 23.6 Å². The van der Waals surface area contributed by atoms with E-state index in [4.69, 9.17) is 5.41 Å². The Labute approximate surface area is 181 Å². The lowest BCUT2D eigenvalue weighted by Crippen LogP contribution is -2.41. The van der Waals surface area contributed by atoms with Crippen molar-refractivity contribution in [1.82, 2.24) is 30.3 Å². The largest absolute Gasteiger partial charge is 0.392 e. The zero-order chi connectivity index (χ0) is 22.2. The third kappa shape index (κ3) is 4.21. The van der Waals surface area contributed by atoms with Crippen molar-refractivity contribution >= 4 is 17.6 Å². The van der Waals surface area contributed by atoms with Gasteiger partial charge in [0.1, 0.15) is 5.69 Å². The quantitative estimate of drug-likeness (QED) is 0.489. The van der Waals surface area contributed by atoms with Crippen molar-refractivity contribution in [2.75, 3.05) is 13.6 Å². The molecule has 0 atom stereocenters. The molecule has 2 aliphatic rings. The van der Waals surface area contributed by atoms with Crippen LogP contribution in [0.15, 0.2) is 42.5 Å².